The van der Waals surface area contributed by atoms with E-state index in [1.165, 1.54) is 16.1 Å². The van der Waals surface area contributed by atoms with E-state index < -0.39 is 0 Å². The summed E-state index contributed by atoms with van der Waals surface area (Å²) < 4.78 is 0. The Balaban J connectivity index is 2.13. The van der Waals surface area contributed by atoms with Crippen LogP contribution in [0.3, 0.4) is 0 Å². The minimum absolute atomic E-state index is 0.510. The lowest BCUT2D eigenvalue weighted by molar-refractivity contribution is 0.593. The fourth-order valence-corrected chi connectivity index (χ4v) is 2.81. The molecule has 1 heterocycles. The quantitative estimate of drug-likeness (QED) is 0.861. The lowest BCUT2D eigenvalue weighted by Crippen LogP contribution is -2.22. The molecule has 2 aromatic rings. The molecule has 2 nitrogen and oxygen atoms in total. The summed E-state index contributed by atoms with van der Waals surface area (Å²) in [6.45, 7) is 6.33. The van der Waals surface area contributed by atoms with Crippen molar-refractivity contribution in [3.63, 3.8) is 0 Å². The minimum Gasteiger partial charge on any atom is -0.316 e. The number of thiazole rings is 1. The third-order valence-corrected chi connectivity index (χ3v) is 3.86. The van der Waals surface area contributed by atoms with Crippen LogP contribution in [0.4, 0.5) is 0 Å². The van der Waals surface area contributed by atoms with Crippen molar-refractivity contribution in [2.45, 2.75) is 26.2 Å². The first-order valence-electron chi connectivity index (χ1n) is 6.45. The van der Waals surface area contributed by atoms with Gasteiger partial charge in [0.15, 0.2) is 0 Å². The number of nitrogens with zero attached hydrogens (tertiary/aromatic N) is 1. The van der Waals surface area contributed by atoms with Crippen molar-refractivity contribution in [3.8, 4) is 0 Å². The van der Waals surface area contributed by atoms with Gasteiger partial charge in [-0.3, -0.25) is 0 Å². The lowest BCUT2D eigenvalue weighted by Gasteiger charge is -2.17. The Morgan fingerprint density at radius 2 is 2.28 bits per heavy atom. The van der Waals surface area contributed by atoms with Gasteiger partial charge in [-0.1, -0.05) is 36.8 Å². The van der Waals surface area contributed by atoms with Crippen LogP contribution in [0, 0.1) is 6.92 Å². The number of rotatable bonds is 6. The van der Waals surface area contributed by atoms with Gasteiger partial charge in [-0.25, -0.2) is 4.98 Å². The van der Waals surface area contributed by atoms with Crippen LogP contribution in [0.2, 0.25) is 0 Å². The molecule has 96 valence electrons. The zero-order valence-corrected chi connectivity index (χ0v) is 11.8. The summed E-state index contributed by atoms with van der Waals surface area (Å²) in [5.74, 6) is 0.510. The Morgan fingerprint density at radius 3 is 2.94 bits per heavy atom. The van der Waals surface area contributed by atoms with Gasteiger partial charge in [-0.2, -0.15) is 0 Å². The van der Waals surface area contributed by atoms with E-state index in [1.807, 2.05) is 6.20 Å². The summed E-state index contributed by atoms with van der Waals surface area (Å²) in [6.07, 6.45) is 2.91. The minimum atomic E-state index is 0.510. The van der Waals surface area contributed by atoms with E-state index in [9.17, 15) is 0 Å². The van der Waals surface area contributed by atoms with Gasteiger partial charge in [-0.15, -0.1) is 11.3 Å². The van der Waals surface area contributed by atoms with Gasteiger partial charge in [0.25, 0.3) is 0 Å². The van der Waals surface area contributed by atoms with Gasteiger partial charge >= 0.3 is 0 Å². The highest BCUT2D eigenvalue weighted by Crippen LogP contribution is 2.22. The van der Waals surface area contributed by atoms with Gasteiger partial charge in [-0.05, 0) is 19.0 Å². The highest BCUT2D eigenvalue weighted by atomic mass is 32.1. The first-order chi connectivity index (χ1) is 8.79. The first kappa shape index (κ1) is 13.2. The van der Waals surface area contributed by atoms with Crippen LogP contribution in [-0.2, 0) is 6.42 Å². The first-order valence-corrected chi connectivity index (χ1v) is 7.33. The van der Waals surface area contributed by atoms with E-state index in [0.29, 0.717) is 5.92 Å². The van der Waals surface area contributed by atoms with Crippen LogP contribution < -0.4 is 5.32 Å². The van der Waals surface area contributed by atoms with Crippen LogP contribution in [0.15, 0.2) is 35.8 Å². The molecule has 3 heteroatoms. The number of aromatic nitrogens is 1. The number of likely N-dealkylation sites (N-methyl/N-ethyl adjacent to an activating group) is 1. The maximum absolute atomic E-state index is 4.40. The van der Waals surface area contributed by atoms with E-state index in [1.54, 1.807) is 11.3 Å². The van der Waals surface area contributed by atoms with E-state index in [0.717, 1.165) is 19.5 Å². The van der Waals surface area contributed by atoms with Crippen LogP contribution >= 0.6 is 11.3 Å². The predicted octanol–water partition coefficient (Wildman–Crippen LogP) is 3.39. The van der Waals surface area contributed by atoms with Crippen molar-refractivity contribution in [1.29, 1.82) is 0 Å². The Hall–Kier alpha value is -1.19. The van der Waals surface area contributed by atoms with Gasteiger partial charge in [0.2, 0.25) is 0 Å². The van der Waals surface area contributed by atoms with Gasteiger partial charge in [0, 0.05) is 30.5 Å². The van der Waals surface area contributed by atoms with Crippen LogP contribution in [0.5, 0.6) is 0 Å². The molecule has 18 heavy (non-hydrogen) atoms. The summed E-state index contributed by atoms with van der Waals surface area (Å²) in [4.78, 5) is 4.40. The van der Waals surface area contributed by atoms with Crippen molar-refractivity contribution in [2.24, 2.45) is 0 Å². The summed E-state index contributed by atoms with van der Waals surface area (Å²) in [7, 11) is 0. The molecule has 1 atom stereocenters. The summed E-state index contributed by atoms with van der Waals surface area (Å²) >= 11 is 1.74. The van der Waals surface area contributed by atoms with E-state index in [2.05, 4.69) is 53.8 Å². The van der Waals surface area contributed by atoms with Crippen molar-refractivity contribution in [1.82, 2.24) is 10.3 Å². The molecule has 0 aliphatic carbocycles. The molecule has 0 bridgehead atoms. The predicted molar refractivity (Wildman–Crippen MR) is 78.3 cm³/mol. The largest absolute Gasteiger partial charge is 0.316 e. The molecule has 0 aliphatic heterocycles. The molecule has 0 saturated carbocycles. The molecular formula is C15H20N2S. The molecule has 0 aliphatic rings. The van der Waals surface area contributed by atoms with Crippen LogP contribution in [0.1, 0.15) is 29.0 Å². The fourth-order valence-electron chi connectivity index (χ4n) is 2.12. The van der Waals surface area contributed by atoms with Crippen molar-refractivity contribution < 1.29 is 0 Å². The second-order valence-corrected chi connectivity index (χ2v) is 5.53. The summed E-state index contributed by atoms with van der Waals surface area (Å²) in [5, 5.41) is 6.73. The third kappa shape index (κ3) is 3.65. The van der Waals surface area contributed by atoms with E-state index in [-0.39, 0.29) is 0 Å². The Morgan fingerprint density at radius 1 is 1.39 bits per heavy atom. The van der Waals surface area contributed by atoms with Crippen LogP contribution in [-0.4, -0.2) is 18.1 Å². The van der Waals surface area contributed by atoms with E-state index in [4.69, 9.17) is 0 Å². The Labute approximate surface area is 113 Å². The average Bonchev–Trinajstić information content (AvgIpc) is 2.87. The number of nitrogens with one attached hydrogen (secondary N) is 1. The van der Waals surface area contributed by atoms with Crippen LogP contribution in [0.25, 0.3) is 0 Å². The maximum Gasteiger partial charge on any atom is 0.0931 e. The molecule has 0 amide bonds. The molecule has 2 rings (SSSR count). The summed E-state index contributed by atoms with van der Waals surface area (Å²) in [6, 6.07) is 8.81. The number of aryl methyl sites for hydroxylation is 1. The average molecular weight is 260 g/mol. The van der Waals surface area contributed by atoms with E-state index >= 15 is 0 Å². The van der Waals surface area contributed by atoms with Gasteiger partial charge in [0.05, 0.1) is 5.01 Å². The molecule has 1 aromatic carbocycles. The zero-order chi connectivity index (χ0) is 12.8. The summed E-state index contributed by atoms with van der Waals surface area (Å²) in [5.41, 5.74) is 2.74. The third-order valence-electron chi connectivity index (χ3n) is 3.06. The normalized spacial score (nSPS) is 12.6. The molecular weight excluding hydrogens is 240 g/mol. The number of benzene rings is 1. The standard InChI is InChI=1S/C15H20N2S/c1-3-16-11-14(10-15-17-7-8-18-15)13-6-4-5-12(2)9-13/h4-9,14,16H,3,10-11H2,1-2H3. The van der Waals surface area contributed by atoms with Crippen molar-refractivity contribution >= 4 is 11.3 Å². The SMILES string of the molecule is CCNCC(Cc1nccs1)c1cccc(C)c1. The lowest BCUT2D eigenvalue weighted by atomic mass is 9.94. The molecule has 1 unspecified atom stereocenters. The second-order valence-electron chi connectivity index (χ2n) is 4.55. The molecule has 0 fully saturated rings. The highest BCUT2D eigenvalue weighted by molar-refractivity contribution is 7.09. The maximum atomic E-state index is 4.40. The Bertz CT molecular complexity index is 465. The fraction of sp³-hybridized carbons (Fsp3) is 0.400. The molecule has 0 saturated heterocycles. The zero-order valence-electron chi connectivity index (χ0n) is 11.0. The Kier molecular flexibility index (Phi) is 4.90. The number of hydrogen-bond donors (Lipinski definition) is 1. The smallest absolute Gasteiger partial charge is 0.0931 e. The highest BCUT2D eigenvalue weighted by Gasteiger charge is 2.13. The van der Waals surface area contributed by atoms with Crippen molar-refractivity contribution in [2.75, 3.05) is 13.1 Å². The molecule has 1 N–H and O–H groups in total. The second kappa shape index (κ2) is 6.66. The monoisotopic (exact) mass is 260 g/mol. The molecule has 1 aromatic heterocycles. The molecule has 0 spiro atoms. The van der Waals surface area contributed by atoms with Crippen molar-refractivity contribution in [3.05, 3.63) is 52.0 Å². The van der Waals surface area contributed by atoms with Gasteiger partial charge < -0.3 is 5.32 Å². The molecule has 0 radical (unpaired) electrons. The van der Waals surface area contributed by atoms with Gasteiger partial charge in [0.1, 0.15) is 0 Å². The topological polar surface area (TPSA) is 24.9 Å². The number of hydrogen-bond acceptors (Lipinski definition) is 3.